The van der Waals surface area contributed by atoms with Gasteiger partial charge in [-0.1, -0.05) is 0 Å². The molecule has 1 heterocycles. The summed E-state index contributed by atoms with van der Waals surface area (Å²) in [5, 5.41) is -46.3. The maximum absolute atomic E-state index is 17.7. The van der Waals surface area contributed by atoms with E-state index in [0.717, 1.165) is 0 Å². The van der Waals surface area contributed by atoms with Crippen LogP contribution < -0.4 is 42.4 Å². The maximum atomic E-state index is 17.7. The fourth-order valence-corrected chi connectivity index (χ4v) is 29.2. The zero-order valence-corrected chi connectivity index (χ0v) is 47.3. The average Bonchev–Trinajstić information content (AvgIpc) is 0.651. The summed E-state index contributed by atoms with van der Waals surface area (Å²) in [6.45, 7) is -20.7. The van der Waals surface area contributed by atoms with Crippen molar-refractivity contribution in [2.75, 3.05) is 0 Å². The Hall–Kier alpha value is -8.24. The highest BCUT2D eigenvalue weighted by Gasteiger charge is 2.65. The van der Waals surface area contributed by atoms with Crippen molar-refractivity contribution < 1.29 is 185 Å². The summed E-state index contributed by atoms with van der Waals surface area (Å²) in [5.41, 5.74) is -10.7. The molecular formula is C52F40O2P4. The second-order valence-corrected chi connectivity index (χ2v) is 29.5. The molecule has 0 fully saturated rings. The minimum atomic E-state index is -10.3. The van der Waals surface area contributed by atoms with Crippen LogP contribution in [0.4, 0.5) is 176 Å². The highest BCUT2D eigenvalue weighted by atomic mass is 31.2. The van der Waals surface area contributed by atoms with E-state index in [1.165, 1.54) is 0 Å². The summed E-state index contributed by atoms with van der Waals surface area (Å²) >= 11 is 0. The van der Waals surface area contributed by atoms with Crippen LogP contribution in [0.1, 0.15) is 0 Å². The van der Waals surface area contributed by atoms with E-state index in [2.05, 4.69) is 0 Å². The largest absolute Gasteiger partial charge is 0.288 e. The second kappa shape index (κ2) is 24.9. The molecule has 0 saturated carbocycles. The van der Waals surface area contributed by atoms with Crippen molar-refractivity contribution in [3.05, 3.63) is 233 Å². The normalized spacial score (nSPS) is 14.1. The molecule has 0 spiro atoms. The molecule has 0 N–H and O–H groups in total. The molecule has 8 aromatic carbocycles. The zero-order valence-electron chi connectivity index (χ0n) is 43.7. The van der Waals surface area contributed by atoms with Crippen LogP contribution in [0.2, 0.25) is 0 Å². The Morgan fingerprint density at radius 2 is 0.235 bits per heavy atom. The van der Waals surface area contributed by atoms with Gasteiger partial charge in [-0.3, -0.25) is 9.59 Å². The fraction of sp³-hybridized carbons (Fsp3) is 0. The molecule has 0 radical (unpaired) electrons. The van der Waals surface area contributed by atoms with Crippen molar-refractivity contribution in [2.45, 2.75) is 0 Å². The van der Waals surface area contributed by atoms with Crippen LogP contribution in [0, 0.1) is 233 Å². The number of hydrogen-bond acceptors (Lipinski definition) is 2. The van der Waals surface area contributed by atoms with Gasteiger partial charge in [-0.25, -0.2) is 176 Å². The minimum Gasteiger partial charge on any atom is -0.288 e. The Kier molecular flexibility index (Phi) is 18.8. The monoisotopic (exact) mass is 1540 g/mol. The number of carbonyl (C=O) groups excluding carboxylic acids is 2. The highest BCUT2D eigenvalue weighted by molar-refractivity contribution is 8.31. The van der Waals surface area contributed by atoms with Gasteiger partial charge in [0.1, 0.15) is 0 Å². The van der Waals surface area contributed by atoms with Crippen molar-refractivity contribution in [3.8, 4) is 0 Å². The van der Waals surface area contributed by atoms with Crippen molar-refractivity contribution in [2.24, 2.45) is 0 Å². The van der Waals surface area contributed by atoms with E-state index in [1.54, 1.807) is 0 Å². The predicted molar refractivity (Wildman–Crippen MR) is 255 cm³/mol. The highest BCUT2D eigenvalue weighted by Crippen LogP contribution is 2.73. The zero-order chi connectivity index (χ0) is 74.2. The van der Waals surface area contributed by atoms with Crippen molar-refractivity contribution in [1.29, 1.82) is 0 Å². The van der Waals surface area contributed by atoms with Gasteiger partial charge in [0.25, 0.3) is 0 Å². The first kappa shape index (κ1) is 74.0. The summed E-state index contributed by atoms with van der Waals surface area (Å²) in [5.74, 6) is -175. The number of carbonyl (C=O) groups is 2. The van der Waals surface area contributed by atoms with E-state index >= 15 is 185 Å². The molecule has 46 heteroatoms. The van der Waals surface area contributed by atoms with E-state index in [1.807, 2.05) is 0 Å². The molecule has 0 aliphatic carbocycles. The first-order chi connectivity index (χ1) is 45.2. The fourth-order valence-electron chi connectivity index (χ4n) is 9.68. The molecule has 2 nitrogen and oxygen atoms in total. The molecule has 1 aliphatic rings. The van der Waals surface area contributed by atoms with Gasteiger partial charge in [-0.15, -0.1) is 0 Å². The van der Waals surface area contributed by atoms with E-state index in [4.69, 9.17) is 0 Å². The van der Waals surface area contributed by atoms with Gasteiger partial charge in [-0.2, -0.15) is 0 Å². The molecule has 0 saturated heterocycles. The van der Waals surface area contributed by atoms with E-state index in [0.29, 0.717) is 0 Å². The lowest BCUT2D eigenvalue weighted by atomic mass is 10.3. The van der Waals surface area contributed by atoms with Crippen LogP contribution in [-0.2, 0) is 9.59 Å². The third kappa shape index (κ3) is 9.50. The minimum absolute atomic E-state index is 3.97. The second-order valence-electron chi connectivity index (χ2n) is 18.6. The predicted octanol–water partition coefficient (Wildman–Crippen LogP) is 14.5. The molecule has 0 bridgehead atoms. The lowest BCUT2D eigenvalue weighted by molar-refractivity contribution is -0.107. The standard InChI is InChI=1S/C52F40O2P4/c53-1-9(61)25(77)41(26(78)10(1)62)95(42-27(79)11(63)2(54)12(64)28(42)80)51-49(93)98(47-37(89)21(73)7(59)22(74)38(47)90,48-39(91)23(75)8(60)24(76)40(48)92)52(96(43-29(81)13(65)3(55)14(66)30(43)82)44-31(83)15(67)4(56)16(68)32(44)84)50(94)97(51,45-33(85)17(69)5(57)18(70)34(45)86)46-35(87)19(71)6(58)20(72)36(46)88. The van der Waals surface area contributed by atoms with Crippen LogP contribution in [-0.4, -0.2) is 21.1 Å². The van der Waals surface area contributed by atoms with Crippen LogP contribution >= 0.6 is 29.6 Å². The van der Waals surface area contributed by atoms with Crippen molar-refractivity contribution >= 4 is 93.2 Å². The van der Waals surface area contributed by atoms with Gasteiger partial charge in [-0.05, 0) is 0 Å². The van der Waals surface area contributed by atoms with Gasteiger partial charge in [0.05, 0.1) is 42.4 Å². The van der Waals surface area contributed by atoms with E-state index < -0.39 is 326 Å². The number of rotatable bonds is 10. The van der Waals surface area contributed by atoms with Crippen LogP contribution in [0.25, 0.3) is 0 Å². The molecule has 0 unspecified atom stereocenters. The number of benzene rings is 8. The molecule has 8 aromatic rings. The topological polar surface area (TPSA) is 34.1 Å². The third-order valence-corrected chi connectivity index (χ3v) is 29.7. The first-order valence-corrected chi connectivity index (χ1v) is 29.9. The summed E-state index contributed by atoms with van der Waals surface area (Å²) < 4.78 is 659. The van der Waals surface area contributed by atoms with Crippen molar-refractivity contribution in [3.63, 3.8) is 0 Å². The number of hydrogen-bond donors (Lipinski definition) is 0. The van der Waals surface area contributed by atoms with Crippen molar-refractivity contribution in [1.82, 2.24) is 0 Å². The van der Waals surface area contributed by atoms with Crippen LogP contribution in [0.3, 0.4) is 0 Å². The molecule has 1 aliphatic heterocycles. The van der Waals surface area contributed by atoms with Gasteiger partial charge >= 0.3 is 0 Å². The Labute approximate surface area is 510 Å². The summed E-state index contributed by atoms with van der Waals surface area (Å²) in [6.07, 6.45) is 0. The van der Waals surface area contributed by atoms with Gasteiger partial charge in [0, 0.05) is 39.7 Å². The Morgan fingerprint density at radius 3 is 0.347 bits per heavy atom. The molecule has 520 valence electrons. The molecule has 9 rings (SSSR count). The summed E-state index contributed by atoms with van der Waals surface area (Å²) in [7, 11) is -15.5. The van der Waals surface area contributed by atoms with E-state index in [9.17, 15) is 0 Å². The molecule has 0 amide bonds. The molecule has 0 atom stereocenters. The quantitative estimate of drug-likeness (QED) is 0.0592. The Morgan fingerprint density at radius 1 is 0.143 bits per heavy atom. The average molecular weight is 1540 g/mol. The smallest absolute Gasteiger partial charge is 0.200 e. The SMILES string of the molecule is O=C1C(P(c2c(F)c(F)c(F)c(F)c2F)c2c(F)c(F)c(F)c(F)c2F)=P(c2c(F)c(F)c(F)c(F)c2F)(c2c(F)c(F)c(F)c(F)c2F)C(=O)C(P(c2c(F)c(F)c(F)c(F)c2F)c2c(F)c(F)c(F)c(F)c2F)=P1(c1c(F)c(F)c(F)c(F)c1F)c1c(F)c(F)c(F)c(F)c1F. The maximum Gasteiger partial charge on any atom is 0.200 e. The first-order valence-electron chi connectivity index (χ1n) is 23.6. The number of halogens is 40. The third-order valence-electron chi connectivity index (χ3n) is 13.8. The Bertz CT molecular complexity index is 4360. The molecule has 98 heavy (non-hydrogen) atoms. The Balaban J connectivity index is 1.99. The van der Waals surface area contributed by atoms with Crippen LogP contribution in [0.15, 0.2) is 0 Å². The lowest BCUT2D eigenvalue weighted by Crippen LogP contribution is -2.52. The van der Waals surface area contributed by atoms with E-state index in [-0.39, 0.29) is 0 Å². The van der Waals surface area contributed by atoms with Gasteiger partial charge in [0.15, 0.2) is 197 Å². The van der Waals surface area contributed by atoms with Gasteiger partial charge in [0.2, 0.25) is 46.5 Å². The lowest BCUT2D eigenvalue weighted by Gasteiger charge is -2.45. The molecular weight excluding hydrogens is 1540 g/mol. The molecule has 0 aromatic heterocycles. The van der Waals surface area contributed by atoms with Gasteiger partial charge < -0.3 is 0 Å². The summed E-state index contributed by atoms with van der Waals surface area (Å²) in [6, 6.07) is 0. The summed E-state index contributed by atoms with van der Waals surface area (Å²) in [4.78, 5) is 34.5. The van der Waals surface area contributed by atoms with Crippen LogP contribution in [0.5, 0.6) is 0 Å².